The summed E-state index contributed by atoms with van der Waals surface area (Å²) in [5.41, 5.74) is 2.11. The molecule has 28 heavy (non-hydrogen) atoms. The maximum Gasteiger partial charge on any atom is 0.195 e. The van der Waals surface area contributed by atoms with Gasteiger partial charge in [-0.25, -0.2) is 0 Å². The summed E-state index contributed by atoms with van der Waals surface area (Å²) < 4.78 is 2.12. The lowest BCUT2D eigenvalue weighted by Gasteiger charge is -2.25. The van der Waals surface area contributed by atoms with Crippen LogP contribution in [0.2, 0.25) is 0 Å². The van der Waals surface area contributed by atoms with Gasteiger partial charge in [-0.15, -0.1) is 11.3 Å². The monoisotopic (exact) mass is 395 g/mol. The normalized spacial score (nSPS) is 16.8. The molecule has 3 aromatic rings. The summed E-state index contributed by atoms with van der Waals surface area (Å²) in [7, 11) is 0. The van der Waals surface area contributed by atoms with Gasteiger partial charge in [0, 0.05) is 22.7 Å². The van der Waals surface area contributed by atoms with Crippen LogP contribution in [-0.2, 0) is 6.54 Å². The second-order valence-electron chi connectivity index (χ2n) is 7.60. The highest BCUT2D eigenvalue weighted by Crippen LogP contribution is 2.23. The van der Waals surface area contributed by atoms with Gasteiger partial charge in [0.25, 0.3) is 0 Å². The van der Waals surface area contributed by atoms with E-state index < -0.39 is 0 Å². The smallest absolute Gasteiger partial charge is 0.195 e. The quantitative estimate of drug-likeness (QED) is 0.477. The number of quaternary nitrogens is 1. The highest BCUT2D eigenvalue weighted by molar-refractivity contribution is 7.12. The molecule has 0 spiro atoms. The van der Waals surface area contributed by atoms with Gasteiger partial charge in [0.05, 0.1) is 24.5 Å². The number of piperidine rings is 1. The Morgan fingerprint density at radius 1 is 1.18 bits per heavy atom. The lowest BCUT2D eigenvalue weighted by atomic mass is 10.1. The van der Waals surface area contributed by atoms with Gasteiger partial charge in [-0.1, -0.05) is 24.3 Å². The SMILES string of the molecule is O=C(/C=C/c1cn(C[C@@H](O)C[NH+]2CCCCC2)c2ccccc12)c1cccs1. The number of carbonyl (C=O) groups excluding carboxylic acids is 1. The van der Waals surface area contributed by atoms with Crippen molar-refractivity contribution in [3.8, 4) is 0 Å². The lowest BCUT2D eigenvalue weighted by Crippen LogP contribution is -3.13. The van der Waals surface area contributed by atoms with E-state index in [9.17, 15) is 9.90 Å². The highest BCUT2D eigenvalue weighted by Gasteiger charge is 2.19. The number of carbonyl (C=O) groups is 1. The zero-order valence-electron chi connectivity index (χ0n) is 16.0. The second kappa shape index (κ2) is 8.86. The number of hydrogen-bond donors (Lipinski definition) is 2. The van der Waals surface area contributed by atoms with Crippen LogP contribution in [0.1, 0.15) is 34.5 Å². The number of nitrogens with zero attached hydrogens (tertiary/aromatic N) is 1. The number of likely N-dealkylation sites (tertiary alicyclic amines) is 1. The minimum atomic E-state index is -0.367. The third kappa shape index (κ3) is 4.43. The number of fused-ring (bicyclic) bond motifs is 1. The van der Waals surface area contributed by atoms with Crippen LogP contribution in [0, 0.1) is 0 Å². The maximum absolute atomic E-state index is 12.3. The van der Waals surface area contributed by atoms with Crippen molar-refractivity contribution in [1.82, 2.24) is 4.57 Å². The molecule has 0 unspecified atom stereocenters. The van der Waals surface area contributed by atoms with Crippen LogP contribution >= 0.6 is 11.3 Å². The molecule has 0 saturated carbocycles. The molecule has 1 atom stereocenters. The molecule has 0 bridgehead atoms. The number of thiophene rings is 1. The average molecular weight is 396 g/mol. The minimum absolute atomic E-state index is 0.0283. The number of allylic oxidation sites excluding steroid dienone is 1. The van der Waals surface area contributed by atoms with E-state index in [2.05, 4.69) is 22.9 Å². The summed E-state index contributed by atoms with van der Waals surface area (Å²) in [5.74, 6) is 0.0283. The largest absolute Gasteiger partial charge is 0.385 e. The standard InChI is InChI=1S/C23H26N2O2S/c26-19(16-24-12-4-1-5-13-24)17-25-15-18(20-7-2-3-8-21(20)25)10-11-22(27)23-9-6-14-28-23/h2-3,6-11,14-15,19,26H,1,4-5,12-13,16-17H2/p+1/b11-10+/t19-/m0/s1. The van der Waals surface area contributed by atoms with Crippen LogP contribution in [0.4, 0.5) is 0 Å². The van der Waals surface area contributed by atoms with E-state index in [4.69, 9.17) is 0 Å². The number of para-hydroxylation sites is 1. The Bertz CT molecular complexity index is 952. The second-order valence-corrected chi connectivity index (χ2v) is 8.55. The Labute approximate surface area is 169 Å². The molecule has 1 fully saturated rings. The Kier molecular flexibility index (Phi) is 6.05. The third-order valence-electron chi connectivity index (χ3n) is 5.49. The van der Waals surface area contributed by atoms with Gasteiger partial charge < -0.3 is 14.6 Å². The Morgan fingerprint density at radius 3 is 2.79 bits per heavy atom. The molecular formula is C23H27N2O2S+. The van der Waals surface area contributed by atoms with E-state index in [1.807, 2.05) is 35.7 Å². The molecule has 4 nitrogen and oxygen atoms in total. The topological polar surface area (TPSA) is 46.7 Å². The van der Waals surface area contributed by atoms with Crippen molar-refractivity contribution in [3.05, 3.63) is 64.5 Å². The minimum Gasteiger partial charge on any atom is -0.385 e. The molecule has 1 aliphatic heterocycles. The van der Waals surface area contributed by atoms with E-state index in [-0.39, 0.29) is 11.9 Å². The summed E-state index contributed by atoms with van der Waals surface area (Å²) in [6.07, 6.45) is 9.08. The number of hydrogen-bond acceptors (Lipinski definition) is 3. The Balaban J connectivity index is 1.51. The highest BCUT2D eigenvalue weighted by atomic mass is 32.1. The van der Waals surface area contributed by atoms with Gasteiger partial charge in [-0.2, -0.15) is 0 Å². The number of rotatable bonds is 7. The van der Waals surface area contributed by atoms with E-state index in [1.54, 1.807) is 6.08 Å². The van der Waals surface area contributed by atoms with Crippen molar-refractivity contribution in [2.75, 3.05) is 19.6 Å². The van der Waals surface area contributed by atoms with Gasteiger partial charge in [0.2, 0.25) is 0 Å². The fraction of sp³-hybridized carbons (Fsp3) is 0.348. The van der Waals surface area contributed by atoms with Crippen molar-refractivity contribution >= 4 is 34.1 Å². The van der Waals surface area contributed by atoms with Crippen molar-refractivity contribution in [2.24, 2.45) is 0 Å². The summed E-state index contributed by atoms with van der Waals surface area (Å²) in [4.78, 5) is 14.6. The van der Waals surface area contributed by atoms with Crippen LogP contribution in [-0.4, -0.2) is 41.2 Å². The Hall–Kier alpha value is -2.21. The van der Waals surface area contributed by atoms with Crippen molar-refractivity contribution in [2.45, 2.75) is 31.9 Å². The summed E-state index contributed by atoms with van der Waals surface area (Å²) in [6, 6.07) is 11.9. The fourth-order valence-corrected chi connectivity index (χ4v) is 4.75. The van der Waals surface area contributed by atoms with Crippen molar-refractivity contribution in [1.29, 1.82) is 0 Å². The molecule has 5 heteroatoms. The molecule has 0 aliphatic carbocycles. The summed E-state index contributed by atoms with van der Waals surface area (Å²) >= 11 is 1.46. The summed E-state index contributed by atoms with van der Waals surface area (Å²) in [6.45, 7) is 3.72. The number of benzene rings is 1. The molecular weight excluding hydrogens is 368 g/mol. The Morgan fingerprint density at radius 2 is 2.00 bits per heavy atom. The van der Waals surface area contributed by atoms with Crippen molar-refractivity contribution in [3.63, 3.8) is 0 Å². The van der Waals surface area contributed by atoms with Crippen LogP contribution in [0.5, 0.6) is 0 Å². The molecule has 2 aromatic heterocycles. The van der Waals surface area contributed by atoms with Gasteiger partial charge in [0.1, 0.15) is 12.6 Å². The number of aromatic nitrogens is 1. The van der Waals surface area contributed by atoms with E-state index in [0.717, 1.165) is 27.9 Å². The van der Waals surface area contributed by atoms with Gasteiger partial charge in [0.15, 0.2) is 5.78 Å². The number of aliphatic hydroxyl groups excluding tert-OH is 1. The van der Waals surface area contributed by atoms with Gasteiger partial charge in [-0.05, 0) is 48.9 Å². The molecule has 1 aromatic carbocycles. The first-order valence-corrected chi connectivity index (χ1v) is 10.9. The first-order chi connectivity index (χ1) is 13.7. The van der Waals surface area contributed by atoms with Crippen LogP contribution in [0.3, 0.4) is 0 Å². The molecule has 4 rings (SSSR count). The predicted octanol–water partition coefficient (Wildman–Crippen LogP) is 3.03. The molecule has 1 saturated heterocycles. The zero-order valence-corrected chi connectivity index (χ0v) is 16.8. The van der Waals surface area contributed by atoms with E-state index in [1.165, 1.54) is 48.6 Å². The number of aliphatic hydroxyl groups is 1. The fourth-order valence-electron chi connectivity index (χ4n) is 4.11. The van der Waals surface area contributed by atoms with E-state index in [0.29, 0.717) is 6.54 Å². The molecule has 3 heterocycles. The molecule has 0 radical (unpaired) electrons. The molecule has 0 amide bonds. The first-order valence-electron chi connectivity index (χ1n) is 10.1. The predicted molar refractivity (Wildman–Crippen MR) is 115 cm³/mol. The third-order valence-corrected chi connectivity index (χ3v) is 6.37. The van der Waals surface area contributed by atoms with Crippen molar-refractivity contribution < 1.29 is 14.8 Å². The number of nitrogens with one attached hydrogen (secondary N) is 1. The first kappa shape index (κ1) is 19.1. The number of ketones is 1. The average Bonchev–Trinajstić information content (AvgIpc) is 3.36. The summed E-state index contributed by atoms with van der Waals surface area (Å²) in [5, 5.41) is 13.7. The van der Waals surface area contributed by atoms with Gasteiger partial charge >= 0.3 is 0 Å². The molecule has 2 N–H and O–H groups in total. The lowest BCUT2D eigenvalue weighted by molar-refractivity contribution is -0.908. The van der Waals surface area contributed by atoms with Gasteiger partial charge in [-0.3, -0.25) is 4.79 Å². The molecule has 146 valence electrons. The van der Waals surface area contributed by atoms with Crippen LogP contribution < -0.4 is 4.90 Å². The van der Waals surface area contributed by atoms with Crippen LogP contribution in [0.15, 0.2) is 54.1 Å². The van der Waals surface area contributed by atoms with Crippen LogP contribution in [0.25, 0.3) is 17.0 Å². The van der Waals surface area contributed by atoms with E-state index >= 15 is 0 Å². The zero-order chi connectivity index (χ0) is 19.3. The maximum atomic E-state index is 12.3. The molecule has 1 aliphatic rings.